The van der Waals surface area contributed by atoms with Gasteiger partial charge in [-0.15, -0.1) is 0 Å². The molecule has 3 heteroatoms. The van der Waals surface area contributed by atoms with E-state index in [1.165, 1.54) is 0 Å². The van der Waals surface area contributed by atoms with E-state index in [2.05, 4.69) is 0 Å². The highest BCUT2D eigenvalue weighted by Gasteiger charge is 1.86. The summed E-state index contributed by atoms with van der Waals surface area (Å²) in [6.45, 7) is 3.19. The fourth-order valence-electron chi connectivity index (χ4n) is 0.326. The minimum absolute atomic E-state index is 0.193. The maximum Gasteiger partial charge on any atom is 0.0928 e. The fraction of sp³-hybridized carbons (Fsp3) is 0.800. The molecule has 0 saturated heterocycles. The van der Waals surface area contributed by atoms with Crippen LogP contribution in [0.4, 0.5) is 0 Å². The summed E-state index contributed by atoms with van der Waals surface area (Å²) in [7, 11) is 0. The topological polar surface area (TPSA) is 59.1 Å². The molecular formula is C5H12N2O. The first kappa shape index (κ1) is 7.43. The van der Waals surface area contributed by atoms with Crippen molar-refractivity contribution in [3.63, 3.8) is 0 Å². The SMILES string of the molecule is CCOCCC(=N)N. The van der Waals surface area contributed by atoms with Gasteiger partial charge >= 0.3 is 0 Å². The van der Waals surface area contributed by atoms with Crippen molar-refractivity contribution in [3.8, 4) is 0 Å². The van der Waals surface area contributed by atoms with Gasteiger partial charge < -0.3 is 10.5 Å². The lowest BCUT2D eigenvalue weighted by atomic mass is 10.4. The average Bonchev–Trinajstić information content (AvgIpc) is 1.66. The molecule has 3 nitrogen and oxygen atoms in total. The first-order valence-corrected chi connectivity index (χ1v) is 2.68. The number of ether oxygens (including phenoxy) is 1. The molecule has 0 bridgehead atoms. The Labute approximate surface area is 49.3 Å². The number of nitrogens with one attached hydrogen (secondary N) is 1. The molecule has 0 amide bonds. The molecule has 0 atom stereocenters. The molecule has 0 saturated carbocycles. The largest absolute Gasteiger partial charge is 0.388 e. The van der Waals surface area contributed by atoms with E-state index in [0.717, 1.165) is 0 Å². The molecule has 3 N–H and O–H groups in total. The number of nitrogens with two attached hydrogens (primary N) is 1. The Morgan fingerprint density at radius 1 is 1.75 bits per heavy atom. The number of hydrogen-bond donors (Lipinski definition) is 2. The second-order valence-electron chi connectivity index (χ2n) is 1.47. The quantitative estimate of drug-likeness (QED) is 0.316. The van der Waals surface area contributed by atoms with Gasteiger partial charge in [0.1, 0.15) is 0 Å². The molecule has 0 spiro atoms. The molecule has 0 aliphatic rings. The van der Waals surface area contributed by atoms with Gasteiger partial charge in [-0.05, 0) is 6.92 Å². The molecule has 0 aliphatic carbocycles. The summed E-state index contributed by atoms with van der Waals surface area (Å²) in [6.07, 6.45) is 0.549. The molecule has 0 fully saturated rings. The summed E-state index contributed by atoms with van der Waals surface area (Å²) < 4.78 is 4.92. The van der Waals surface area contributed by atoms with Gasteiger partial charge in [-0.2, -0.15) is 0 Å². The monoisotopic (exact) mass is 116 g/mol. The third-order valence-electron chi connectivity index (χ3n) is 0.720. The lowest BCUT2D eigenvalue weighted by Crippen LogP contribution is -2.12. The first-order chi connectivity index (χ1) is 3.77. The zero-order valence-electron chi connectivity index (χ0n) is 5.11. The summed E-state index contributed by atoms with van der Waals surface area (Å²) in [5, 5.41) is 6.77. The van der Waals surface area contributed by atoms with E-state index in [9.17, 15) is 0 Å². The van der Waals surface area contributed by atoms with Crippen molar-refractivity contribution >= 4 is 5.84 Å². The molecule has 48 valence electrons. The summed E-state index contributed by atoms with van der Waals surface area (Å²) in [5.41, 5.74) is 5.04. The van der Waals surface area contributed by atoms with Crippen molar-refractivity contribution < 1.29 is 4.74 Å². The molecular weight excluding hydrogens is 104 g/mol. The van der Waals surface area contributed by atoms with E-state index >= 15 is 0 Å². The molecule has 0 radical (unpaired) electrons. The van der Waals surface area contributed by atoms with Crippen LogP contribution in [0, 0.1) is 5.41 Å². The van der Waals surface area contributed by atoms with Gasteiger partial charge in [0.15, 0.2) is 0 Å². The predicted octanol–water partition coefficient (Wildman–Crippen LogP) is 0.349. The maximum absolute atomic E-state index is 6.77. The highest BCUT2D eigenvalue weighted by Crippen LogP contribution is 1.78. The van der Waals surface area contributed by atoms with Crippen molar-refractivity contribution in [2.24, 2.45) is 5.73 Å². The van der Waals surface area contributed by atoms with Crippen LogP contribution in [0.3, 0.4) is 0 Å². The van der Waals surface area contributed by atoms with Crippen molar-refractivity contribution in [3.05, 3.63) is 0 Å². The van der Waals surface area contributed by atoms with Crippen LogP contribution in [0.15, 0.2) is 0 Å². The Morgan fingerprint density at radius 3 is 2.75 bits per heavy atom. The summed E-state index contributed by atoms with van der Waals surface area (Å²) >= 11 is 0. The Kier molecular flexibility index (Phi) is 4.26. The van der Waals surface area contributed by atoms with Crippen molar-refractivity contribution in [2.75, 3.05) is 13.2 Å². The predicted molar refractivity (Wildman–Crippen MR) is 33.0 cm³/mol. The van der Waals surface area contributed by atoms with Crippen LogP contribution < -0.4 is 5.73 Å². The zero-order chi connectivity index (χ0) is 6.41. The van der Waals surface area contributed by atoms with E-state index in [4.69, 9.17) is 15.9 Å². The third-order valence-corrected chi connectivity index (χ3v) is 0.720. The molecule has 0 aromatic rings. The van der Waals surface area contributed by atoms with Crippen LogP contribution in [0.1, 0.15) is 13.3 Å². The van der Waals surface area contributed by atoms with Gasteiger partial charge in [-0.25, -0.2) is 0 Å². The minimum Gasteiger partial charge on any atom is -0.388 e. The van der Waals surface area contributed by atoms with Crippen LogP contribution in [0.5, 0.6) is 0 Å². The molecule has 0 aromatic heterocycles. The second-order valence-corrected chi connectivity index (χ2v) is 1.47. The van der Waals surface area contributed by atoms with Gasteiger partial charge in [0.2, 0.25) is 0 Å². The van der Waals surface area contributed by atoms with Gasteiger partial charge in [0.25, 0.3) is 0 Å². The first-order valence-electron chi connectivity index (χ1n) is 2.68. The average molecular weight is 116 g/mol. The zero-order valence-corrected chi connectivity index (χ0v) is 5.11. The van der Waals surface area contributed by atoms with Gasteiger partial charge in [-0.3, -0.25) is 5.41 Å². The standard InChI is InChI=1S/C5H12N2O/c1-2-8-4-3-5(6)7/h2-4H2,1H3,(H3,6,7). The van der Waals surface area contributed by atoms with E-state index in [1.54, 1.807) is 0 Å². The van der Waals surface area contributed by atoms with Crippen LogP contribution in [-0.2, 0) is 4.74 Å². The van der Waals surface area contributed by atoms with E-state index in [0.29, 0.717) is 19.6 Å². The minimum atomic E-state index is 0.193. The number of hydrogen-bond acceptors (Lipinski definition) is 2. The Hall–Kier alpha value is -0.570. The fourth-order valence-corrected chi connectivity index (χ4v) is 0.326. The summed E-state index contributed by atoms with van der Waals surface area (Å²) in [6, 6.07) is 0. The van der Waals surface area contributed by atoms with Gasteiger partial charge in [-0.1, -0.05) is 0 Å². The maximum atomic E-state index is 6.77. The molecule has 0 aliphatic heterocycles. The lowest BCUT2D eigenvalue weighted by molar-refractivity contribution is 0.155. The van der Waals surface area contributed by atoms with Crippen LogP contribution in [0.2, 0.25) is 0 Å². The molecule has 0 unspecified atom stereocenters. The van der Waals surface area contributed by atoms with Crippen molar-refractivity contribution in [1.29, 1.82) is 5.41 Å². The van der Waals surface area contributed by atoms with E-state index in [1.807, 2.05) is 6.92 Å². The Bertz CT molecular complexity index is 72.8. The lowest BCUT2D eigenvalue weighted by Gasteiger charge is -1.96. The van der Waals surface area contributed by atoms with Crippen molar-refractivity contribution in [2.45, 2.75) is 13.3 Å². The summed E-state index contributed by atoms with van der Waals surface area (Å²) in [4.78, 5) is 0. The Morgan fingerprint density at radius 2 is 2.38 bits per heavy atom. The van der Waals surface area contributed by atoms with Gasteiger partial charge in [0.05, 0.1) is 12.4 Å². The van der Waals surface area contributed by atoms with E-state index in [-0.39, 0.29) is 5.84 Å². The molecule has 0 aromatic carbocycles. The molecule has 8 heavy (non-hydrogen) atoms. The summed E-state index contributed by atoms with van der Waals surface area (Å²) in [5.74, 6) is 0.193. The third kappa shape index (κ3) is 5.43. The molecule has 0 rings (SSSR count). The van der Waals surface area contributed by atoms with Crippen molar-refractivity contribution in [1.82, 2.24) is 0 Å². The number of rotatable bonds is 4. The number of amidine groups is 1. The van der Waals surface area contributed by atoms with Crippen LogP contribution >= 0.6 is 0 Å². The second kappa shape index (κ2) is 4.59. The van der Waals surface area contributed by atoms with Crippen LogP contribution in [0.25, 0.3) is 0 Å². The highest BCUT2D eigenvalue weighted by atomic mass is 16.5. The Balaban J connectivity index is 2.82. The highest BCUT2D eigenvalue weighted by molar-refractivity contribution is 5.76. The van der Waals surface area contributed by atoms with E-state index < -0.39 is 0 Å². The van der Waals surface area contributed by atoms with Crippen LogP contribution in [-0.4, -0.2) is 19.0 Å². The normalized spacial score (nSPS) is 9.12. The molecule has 0 heterocycles. The van der Waals surface area contributed by atoms with Gasteiger partial charge in [0, 0.05) is 13.0 Å². The smallest absolute Gasteiger partial charge is 0.0928 e.